The molecule has 0 unspecified atom stereocenters. The number of alkyl halides is 1. The lowest BCUT2D eigenvalue weighted by atomic mass is 9.78. The van der Waals surface area contributed by atoms with Crippen LogP contribution >= 0.6 is 11.8 Å². The molecule has 4 aromatic carbocycles. The average molecular weight is 531 g/mol. The maximum absolute atomic E-state index is 14.0. The van der Waals surface area contributed by atoms with Gasteiger partial charge in [-0.1, -0.05) is 82.8 Å². The summed E-state index contributed by atoms with van der Waals surface area (Å²) in [5, 5.41) is 9.57. The van der Waals surface area contributed by atoms with Crippen LogP contribution in [0.15, 0.2) is 107 Å². The van der Waals surface area contributed by atoms with Crippen molar-refractivity contribution in [3.8, 4) is 17.2 Å². The molecule has 2 nitrogen and oxygen atoms in total. The third-order valence-corrected chi connectivity index (χ3v) is 7.02. The van der Waals surface area contributed by atoms with Gasteiger partial charge < -0.3 is 9.84 Å². The Balaban J connectivity index is 0.000000934. The highest BCUT2D eigenvalue weighted by molar-refractivity contribution is 7.99. The molecule has 0 aliphatic carbocycles. The average Bonchev–Trinajstić information content (AvgIpc) is 2.85. The zero-order chi connectivity index (χ0) is 27.9. The molecule has 0 amide bonds. The van der Waals surface area contributed by atoms with Crippen LogP contribution in [-0.2, 0) is 11.1 Å². The predicted molar refractivity (Wildman–Crippen MR) is 158 cm³/mol. The lowest BCUT2D eigenvalue weighted by Gasteiger charge is -2.26. The van der Waals surface area contributed by atoms with Crippen molar-refractivity contribution in [3.05, 3.63) is 114 Å². The van der Waals surface area contributed by atoms with Gasteiger partial charge >= 0.3 is 0 Å². The van der Waals surface area contributed by atoms with Gasteiger partial charge in [-0.3, -0.25) is 0 Å². The van der Waals surface area contributed by atoms with E-state index in [9.17, 15) is 9.50 Å². The zero-order valence-electron chi connectivity index (χ0n) is 23.5. The molecule has 4 heteroatoms. The highest BCUT2D eigenvalue weighted by atomic mass is 32.2. The fraction of sp³-hybridized carbons (Fsp3) is 0.294. The van der Waals surface area contributed by atoms with Crippen molar-refractivity contribution in [3.63, 3.8) is 0 Å². The SMILES string of the molecule is CC(C)(F)c1ccc(Sc2ccc(Oc3ccc(C(C)(C)c4ccc(O)cc4)cc3)cc2)cc1.CC(C)C. The zero-order valence-corrected chi connectivity index (χ0v) is 24.3. The first-order chi connectivity index (χ1) is 17.8. The summed E-state index contributed by atoms with van der Waals surface area (Å²) in [6.45, 7) is 14.0. The molecule has 0 aliphatic rings. The summed E-state index contributed by atoms with van der Waals surface area (Å²) >= 11 is 1.63. The number of hydrogen-bond acceptors (Lipinski definition) is 3. The molecule has 1 N–H and O–H groups in total. The van der Waals surface area contributed by atoms with E-state index in [0.29, 0.717) is 5.56 Å². The van der Waals surface area contributed by atoms with E-state index in [4.69, 9.17) is 4.74 Å². The first-order valence-electron chi connectivity index (χ1n) is 13.0. The normalized spacial score (nSPS) is 11.6. The van der Waals surface area contributed by atoms with Crippen LogP contribution in [0.4, 0.5) is 4.39 Å². The lowest BCUT2D eigenvalue weighted by Crippen LogP contribution is -2.18. The molecular weight excluding hydrogens is 491 g/mol. The summed E-state index contributed by atoms with van der Waals surface area (Å²) in [4.78, 5) is 2.15. The van der Waals surface area contributed by atoms with Crippen LogP contribution in [0.25, 0.3) is 0 Å². The Morgan fingerprint density at radius 2 is 0.947 bits per heavy atom. The summed E-state index contributed by atoms with van der Waals surface area (Å²) in [6, 6.07) is 31.0. The molecule has 0 aliphatic heterocycles. The minimum absolute atomic E-state index is 0.191. The number of ether oxygens (including phenoxy) is 1. The number of halogens is 1. The van der Waals surface area contributed by atoms with Gasteiger partial charge in [0.2, 0.25) is 0 Å². The third kappa shape index (κ3) is 8.39. The summed E-state index contributed by atoms with van der Waals surface area (Å²) < 4.78 is 20.1. The van der Waals surface area contributed by atoms with Crippen LogP contribution in [0.1, 0.15) is 65.2 Å². The molecule has 0 heterocycles. The van der Waals surface area contributed by atoms with Crippen LogP contribution in [0, 0.1) is 5.92 Å². The number of phenolic OH excluding ortho intramolecular Hbond substituents is 1. The number of phenols is 1. The lowest BCUT2D eigenvalue weighted by molar-refractivity contribution is 0.221. The van der Waals surface area contributed by atoms with Gasteiger partial charge in [-0.15, -0.1) is 0 Å². The largest absolute Gasteiger partial charge is 0.508 e. The first-order valence-corrected chi connectivity index (χ1v) is 13.8. The Bertz CT molecular complexity index is 1270. The van der Waals surface area contributed by atoms with Crippen molar-refractivity contribution in [1.82, 2.24) is 0 Å². The minimum Gasteiger partial charge on any atom is -0.508 e. The van der Waals surface area contributed by atoms with Crippen LogP contribution in [-0.4, -0.2) is 5.11 Å². The van der Waals surface area contributed by atoms with E-state index in [1.807, 2.05) is 72.8 Å². The Morgan fingerprint density at radius 1 is 0.605 bits per heavy atom. The molecule has 0 saturated carbocycles. The highest BCUT2D eigenvalue weighted by Crippen LogP contribution is 2.35. The maximum Gasteiger partial charge on any atom is 0.130 e. The second kappa shape index (κ2) is 12.5. The second-order valence-corrected chi connectivity index (χ2v) is 12.2. The van der Waals surface area contributed by atoms with Gasteiger partial charge in [0.15, 0.2) is 0 Å². The first kappa shape index (κ1) is 29.3. The molecule has 0 atom stereocenters. The van der Waals surface area contributed by atoms with Crippen molar-refractivity contribution in [2.24, 2.45) is 5.92 Å². The summed E-state index contributed by atoms with van der Waals surface area (Å²) in [5.74, 6) is 2.64. The summed E-state index contributed by atoms with van der Waals surface area (Å²) in [6.07, 6.45) is 0. The van der Waals surface area contributed by atoms with E-state index in [1.54, 1.807) is 37.7 Å². The number of hydrogen-bond donors (Lipinski definition) is 1. The van der Waals surface area contributed by atoms with E-state index in [2.05, 4.69) is 46.8 Å². The Hall–Kier alpha value is -3.24. The van der Waals surface area contributed by atoms with E-state index < -0.39 is 5.67 Å². The van der Waals surface area contributed by atoms with Gasteiger partial charge in [-0.2, -0.15) is 0 Å². The molecule has 200 valence electrons. The topological polar surface area (TPSA) is 29.5 Å². The predicted octanol–water partition coefficient (Wildman–Crippen LogP) is 10.5. The number of rotatable bonds is 7. The number of benzene rings is 4. The Morgan fingerprint density at radius 3 is 1.37 bits per heavy atom. The Labute approximate surface area is 231 Å². The van der Waals surface area contributed by atoms with Gasteiger partial charge in [-0.25, -0.2) is 4.39 Å². The molecule has 4 rings (SSSR count). The summed E-state index contributed by atoms with van der Waals surface area (Å²) in [5.41, 5.74) is 1.46. The van der Waals surface area contributed by atoms with E-state index >= 15 is 0 Å². The maximum atomic E-state index is 14.0. The molecule has 0 radical (unpaired) electrons. The highest BCUT2D eigenvalue weighted by Gasteiger charge is 2.23. The van der Waals surface area contributed by atoms with Gasteiger partial charge in [0, 0.05) is 15.2 Å². The molecular formula is C34H39FO2S. The van der Waals surface area contributed by atoms with Gasteiger partial charge in [0.1, 0.15) is 22.9 Å². The minimum atomic E-state index is -1.33. The molecule has 0 spiro atoms. The molecule has 0 aromatic heterocycles. The van der Waals surface area contributed by atoms with Crippen molar-refractivity contribution >= 4 is 11.8 Å². The Kier molecular flexibility index (Phi) is 9.67. The van der Waals surface area contributed by atoms with E-state index in [1.165, 1.54) is 5.56 Å². The monoisotopic (exact) mass is 530 g/mol. The second-order valence-electron chi connectivity index (χ2n) is 11.1. The van der Waals surface area contributed by atoms with Gasteiger partial charge in [-0.05, 0) is 97.1 Å². The molecule has 38 heavy (non-hydrogen) atoms. The van der Waals surface area contributed by atoms with Gasteiger partial charge in [0.05, 0.1) is 0 Å². The van der Waals surface area contributed by atoms with Crippen LogP contribution in [0.2, 0.25) is 0 Å². The fourth-order valence-corrected chi connectivity index (χ4v) is 4.57. The van der Waals surface area contributed by atoms with Gasteiger partial charge in [0.25, 0.3) is 0 Å². The van der Waals surface area contributed by atoms with Crippen LogP contribution in [0.3, 0.4) is 0 Å². The van der Waals surface area contributed by atoms with Crippen molar-refractivity contribution < 1.29 is 14.2 Å². The van der Waals surface area contributed by atoms with Crippen molar-refractivity contribution in [2.45, 2.75) is 69.3 Å². The fourth-order valence-electron chi connectivity index (χ4n) is 3.75. The third-order valence-electron chi connectivity index (χ3n) is 6.00. The molecule has 4 aromatic rings. The van der Waals surface area contributed by atoms with Crippen molar-refractivity contribution in [2.75, 3.05) is 0 Å². The quantitative estimate of drug-likeness (QED) is 0.258. The van der Waals surface area contributed by atoms with Crippen LogP contribution < -0.4 is 4.74 Å². The molecule has 0 fully saturated rings. The summed E-state index contributed by atoms with van der Waals surface area (Å²) in [7, 11) is 0. The van der Waals surface area contributed by atoms with E-state index in [0.717, 1.165) is 32.8 Å². The van der Waals surface area contributed by atoms with Crippen molar-refractivity contribution in [1.29, 1.82) is 0 Å². The van der Waals surface area contributed by atoms with E-state index in [-0.39, 0.29) is 11.2 Å². The van der Waals surface area contributed by atoms with Crippen LogP contribution in [0.5, 0.6) is 17.2 Å². The standard InChI is InChI=1S/C30H29FO2S.C4H10/c1-29(2,21-5-11-24(32)12-6-21)22-7-13-25(14-8-22)33-26-15-19-28(20-16-26)34-27-17-9-23(10-18-27)30(3,4)31;1-4(2)3/h5-20,32H,1-4H3;4H,1-3H3. The number of aromatic hydroxyl groups is 1. The smallest absolute Gasteiger partial charge is 0.130 e. The molecule has 0 saturated heterocycles. The molecule has 0 bridgehead atoms.